The number of benzene rings is 2. The van der Waals surface area contributed by atoms with E-state index in [4.69, 9.17) is 4.74 Å². The highest BCUT2D eigenvalue weighted by molar-refractivity contribution is 8.00. The standard InChI is InChI=1S/C22H20N2O4S/c1-14(25)23-18-12-17(24-19(26)13-20(24)29-18)22(27)28-21(15-8-4-2-5-9-15)16-10-6-3-7-11-16/h2-12,18,20-21H,13H2,1H3,(H,23,25)/t18?,20-/m1/s1. The average molecular weight is 408 g/mol. The highest BCUT2D eigenvalue weighted by Crippen LogP contribution is 2.40. The van der Waals surface area contributed by atoms with E-state index in [0.717, 1.165) is 11.1 Å². The quantitative estimate of drug-likeness (QED) is 0.608. The van der Waals surface area contributed by atoms with Crippen LogP contribution in [-0.2, 0) is 19.1 Å². The van der Waals surface area contributed by atoms with E-state index >= 15 is 0 Å². The molecule has 29 heavy (non-hydrogen) atoms. The van der Waals surface area contributed by atoms with Crippen molar-refractivity contribution in [3.8, 4) is 0 Å². The predicted octanol–water partition coefficient (Wildman–Crippen LogP) is 2.97. The molecule has 0 spiro atoms. The van der Waals surface area contributed by atoms with E-state index in [1.54, 1.807) is 6.08 Å². The lowest BCUT2D eigenvalue weighted by Crippen LogP contribution is -2.55. The molecule has 6 nitrogen and oxygen atoms in total. The fourth-order valence-corrected chi connectivity index (χ4v) is 4.78. The normalized spacial score (nSPS) is 20.4. The second-order valence-corrected chi connectivity index (χ2v) is 8.16. The van der Waals surface area contributed by atoms with E-state index in [9.17, 15) is 14.4 Å². The van der Waals surface area contributed by atoms with Crippen LogP contribution in [0.2, 0.25) is 0 Å². The van der Waals surface area contributed by atoms with Crippen molar-refractivity contribution in [1.82, 2.24) is 10.2 Å². The number of thioether (sulfide) groups is 1. The van der Waals surface area contributed by atoms with Gasteiger partial charge in [0, 0.05) is 6.92 Å². The Labute approximate surface area is 172 Å². The summed E-state index contributed by atoms with van der Waals surface area (Å²) in [6.07, 6.45) is 1.33. The maximum Gasteiger partial charge on any atom is 0.355 e. The molecule has 0 aromatic heterocycles. The lowest BCUT2D eigenvalue weighted by molar-refractivity contribution is -0.151. The van der Waals surface area contributed by atoms with Gasteiger partial charge in [0.25, 0.3) is 0 Å². The molecular weight excluding hydrogens is 388 g/mol. The molecule has 2 aromatic carbocycles. The SMILES string of the molecule is CC(=O)NC1C=C(C(=O)OC(c2ccccc2)c2ccccc2)N2C(=O)C[C@H]2S1. The highest BCUT2D eigenvalue weighted by atomic mass is 32.2. The van der Waals surface area contributed by atoms with Gasteiger partial charge in [-0.05, 0) is 17.2 Å². The zero-order chi connectivity index (χ0) is 20.4. The second kappa shape index (κ2) is 8.13. The van der Waals surface area contributed by atoms with E-state index in [1.165, 1.54) is 23.6 Å². The number of carbonyl (C=O) groups excluding carboxylic acids is 3. The molecule has 0 saturated carbocycles. The molecule has 1 unspecified atom stereocenters. The van der Waals surface area contributed by atoms with E-state index in [1.807, 2.05) is 60.7 Å². The van der Waals surface area contributed by atoms with Crippen molar-refractivity contribution in [3.05, 3.63) is 83.6 Å². The van der Waals surface area contributed by atoms with Crippen molar-refractivity contribution in [2.45, 2.75) is 30.2 Å². The monoisotopic (exact) mass is 408 g/mol. The summed E-state index contributed by atoms with van der Waals surface area (Å²) < 4.78 is 5.89. The van der Waals surface area contributed by atoms with Crippen LogP contribution in [0.3, 0.4) is 0 Å². The number of esters is 1. The van der Waals surface area contributed by atoms with Gasteiger partial charge in [0.1, 0.15) is 5.70 Å². The number of carbonyl (C=O) groups is 3. The summed E-state index contributed by atoms with van der Waals surface area (Å²) in [5, 5.41) is 2.24. The van der Waals surface area contributed by atoms with Gasteiger partial charge in [-0.2, -0.15) is 0 Å². The van der Waals surface area contributed by atoms with E-state index < -0.39 is 12.1 Å². The number of hydrogen-bond acceptors (Lipinski definition) is 5. The van der Waals surface area contributed by atoms with Crippen LogP contribution in [0.5, 0.6) is 0 Å². The van der Waals surface area contributed by atoms with Crippen LogP contribution in [0.25, 0.3) is 0 Å². The third kappa shape index (κ3) is 4.05. The van der Waals surface area contributed by atoms with Gasteiger partial charge in [-0.1, -0.05) is 60.7 Å². The van der Waals surface area contributed by atoms with Crippen molar-refractivity contribution < 1.29 is 19.1 Å². The number of nitrogens with one attached hydrogen (secondary N) is 1. The van der Waals surface area contributed by atoms with Crippen molar-refractivity contribution in [3.63, 3.8) is 0 Å². The van der Waals surface area contributed by atoms with Crippen LogP contribution >= 0.6 is 11.8 Å². The second-order valence-electron chi connectivity index (χ2n) is 6.84. The number of hydrogen-bond donors (Lipinski definition) is 1. The minimum absolute atomic E-state index is 0.122. The predicted molar refractivity (Wildman–Crippen MR) is 109 cm³/mol. The van der Waals surface area contributed by atoms with Gasteiger partial charge in [-0.3, -0.25) is 14.5 Å². The van der Waals surface area contributed by atoms with Gasteiger partial charge in [0.15, 0.2) is 6.10 Å². The molecule has 2 aromatic rings. The third-order valence-corrected chi connectivity index (χ3v) is 6.00. The fraction of sp³-hybridized carbons (Fsp3) is 0.227. The van der Waals surface area contributed by atoms with Crippen LogP contribution in [0, 0.1) is 0 Å². The largest absolute Gasteiger partial charge is 0.448 e. The average Bonchev–Trinajstić information content (AvgIpc) is 2.71. The number of ether oxygens (including phenoxy) is 1. The Balaban J connectivity index is 1.63. The zero-order valence-electron chi connectivity index (χ0n) is 15.8. The van der Waals surface area contributed by atoms with Crippen LogP contribution in [0.1, 0.15) is 30.6 Å². The molecule has 0 bridgehead atoms. The maximum absolute atomic E-state index is 13.1. The Morgan fingerprint density at radius 2 is 1.66 bits per heavy atom. The van der Waals surface area contributed by atoms with Gasteiger partial charge in [0.2, 0.25) is 11.8 Å². The van der Waals surface area contributed by atoms with Crippen molar-refractivity contribution in [2.24, 2.45) is 0 Å². The number of nitrogens with zero attached hydrogens (tertiary/aromatic N) is 1. The molecule has 2 atom stereocenters. The zero-order valence-corrected chi connectivity index (χ0v) is 16.6. The number of fused-ring (bicyclic) bond motifs is 1. The lowest BCUT2D eigenvalue weighted by atomic mass is 10.0. The number of β-lactam (4-membered cyclic amide) rings is 1. The lowest BCUT2D eigenvalue weighted by Gasteiger charge is -2.44. The molecule has 2 aliphatic heterocycles. The third-order valence-electron chi connectivity index (χ3n) is 4.76. The summed E-state index contributed by atoms with van der Waals surface area (Å²) in [6, 6.07) is 18.9. The highest BCUT2D eigenvalue weighted by Gasteiger charge is 2.46. The van der Waals surface area contributed by atoms with Gasteiger partial charge >= 0.3 is 5.97 Å². The molecular formula is C22H20N2O4S. The van der Waals surface area contributed by atoms with Crippen LogP contribution in [-0.4, -0.2) is 33.4 Å². The van der Waals surface area contributed by atoms with Gasteiger partial charge < -0.3 is 10.1 Å². The Hall–Kier alpha value is -3.06. The van der Waals surface area contributed by atoms with Crippen LogP contribution in [0.15, 0.2) is 72.4 Å². The van der Waals surface area contributed by atoms with Crippen molar-refractivity contribution >= 4 is 29.5 Å². The molecule has 0 radical (unpaired) electrons. The van der Waals surface area contributed by atoms with Gasteiger partial charge in [-0.15, -0.1) is 11.8 Å². The Morgan fingerprint density at radius 3 is 2.17 bits per heavy atom. The van der Waals surface area contributed by atoms with Gasteiger partial charge in [0.05, 0.1) is 17.2 Å². The summed E-state index contributed by atoms with van der Waals surface area (Å²) in [5.41, 5.74) is 1.85. The molecule has 148 valence electrons. The number of amides is 2. The molecule has 1 fully saturated rings. The summed E-state index contributed by atoms with van der Waals surface area (Å²) in [5.74, 6) is -0.906. The first kappa shape index (κ1) is 19.3. The Bertz CT molecular complexity index is 922. The fourth-order valence-electron chi connectivity index (χ4n) is 3.41. The van der Waals surface area contributed by atoms with Gasteiger partial charge in [-0.25, -0.2) is 4.79 Å². The molecule has 2 amide bonds. The minimum Gasteiger partial charge on any atom is -0.448 e. The van der Waals surface area contributed by atoms with E-state index in [2.05, 4.69) is 5.32 Å². The molecule has 7 heteroatoms. The molecule has 4 rings (SSSR count). The number of rotatable bonds is 5. The first-order valence-corrected chi connectivity index (χ1v) is 10.2. The van der Waals surface area contributed by atoms with Crippen molar-refractivity contribution in [1.29, 1.82) is 0 Å². The Morgan fingerprint density at radius 1 is 1.07 bits per heavy atom. The first-order chi connectivity index (χ1) is 14.0. The van der Waals surface area contributed by atoms with E-state index in [-0.39, 0.29) is 28.3 Å². The smallest absolute Gasteiger partial charge is 0.355 e. The van der Waals surface area contributed by atoms with Crippen LogP contribution in [0.4, 0.5) is 0 Å². The molecule has 1 N–H and O–H groups in total. The summed E-state index contributed by atoms with van der Waals surface area (Å²) in [4.78, 5) is 38.1. The topological polar surface area (TPSA) is 75.7 Å². The maximum atomic E-state index is 13.1. The van der Waals surface area contributed by atoms with E-state index in [0.29, 0.717) is 6.42 Å². The summed E-state index contributed by atoms with van der Waals surface area (Å²) in [6.45, 7) is 1.42. The van der Waals surface area contributed by atoms with Crippen molar-refractivity contribution in [2.75, 3.05) is 0 Å². The first-order valence-electron chi connectivity index (χ1n) is 9.30. The minimum atomic E-state index is -0.602. The molecule has 1 saturated heterocycles. The molecule has 0 aliphatic carbocycles. The summed E-state index contributed by atoms with van der Waals surface area (Å²) >= 11 is 1.44. The van der Waals surface area contributed by atoms with Crippen LogP contribution < -0.4 is 5.32 Å². The molecule has 2 aliphatic rings. The summed E-state index contributed by atoms with van der Waals surface area (Å²) in [7, 11) is 0. The molecule has 2 heterocycles. The Kier molecular flexibility index (Phi) is 5.40.